The van der Waals surface area contributed by atoms with Crippen molar-refractivity contribution in [3.63, 3.8) is 0 Å². The summed E-state index contributed by atoms with van der Waals surface area (Å²) < 4.78 is 17.6. The summed E-state index contributed by atoms with van der Waals surface area (Å²) in [5, 5.41) is 2.76. The number of carbonyl (C=O) groups is 2. The first-order chi connectivity index (χ1) is 12.6. The van der Waals surface area contributed by atoms with Gasteiger partial charge in [-0.05, 0) is 12.1 Å². The van der Waals surface area contributed by atoms with Crippen molar-refractivity contribution < 1.29 is 23.8 Å². The van der Waals surface area contributed by atoms with Crippen LogP contribution in [-0.4, -0.2) is 54.0 Å². The first-order valence-electron chi connectivity index (χ1n) is 8.29. The second-order valence-corrected chi connectivity index (χ2v) is 8.56. The molecule has 0 bridgehead atoms. The van der Waals surface area contributed by atoms with E-state index in [9.17, 15) is 9.59 Å². The number of benzene rings is 1. The molecule has 1 aromatic rings. The molecule has 6 nitrogen and oxygen atoms in total. The maximum absolute atomic E-state index is 12.6. The Labute approximate surface area is 160 Å². The van der Waals surface area contributed by atoms with E-state index in [1.165, 1.54) is 6.92 Å². The van der Waals surface area contributed by atoms with Gasteiger partial charge in [-0.1, -0.05) is 45.9 Å². The lowest BCUT2D eigenvalue weighted by atomic mass is 9.99. The van der Waals surface area contributed by atoms with Crippen LogP contribution in [0.2, 0.25) is 0 Å². The third-order valence-electron chi connectivity index (χ3n) is 4.06. The Morgan fingerprint density at radius 3 is 2.85 bits per heavy atom. The molecule has 0 saturated carbocycles. The molecule has 0 aromatic heterocycles. The van der Waals surface area contributed by atoms with Crippen molar-refractivity contribution in [2.45, 2.75) is 36.7 Å². The molecule has 5 atom stereocenters. The number of rotatable bonds is 6. The summed E-state index contributed by atoms with van der Waals surface area (Å²) >= 11 is 0. The molecule has 2 fully saturated rings. The maximum atomic E-state index is 12.6. The number of amides is 1. The summed E-state index contributed by atoms with van der Waals surface area (Å²) in [6.45, 7) is 5.34. The molecule has 2 aliphatic heterocycles. The molecular weight excluding hydrogens is 374 g/mol. The number of nitrogens with one attached hydrogen (secondary N) is 1. The van der Waals surface area contributed by atoms with Crippen molar-refractivity contribution in [2.75, 3.05) is 12.4 Å². The van der Waals surface area contributed by atoms with E-state index in [2.05, 4.69) is 11.9 Å². The lowest BCUT2D eigenvalue weighted by molar-refractivity contribution is -0.218. The van der Waals surface area contributed by atoms with Gasteiger partial charge in [0.1, 0.15) is 12.1 Å². The summed E-state index contributed by atoms with van der Waals surface area (Å²) in [6.07, 6.45) is 0.244. The van der Waals surface area contributed by atoms with Gasteiger partial charge >= 0.3 is 5.97 Å². The van der Waals surface area contributed by atoms with Crippen LogP contribution >= 0.6 is 21.6 Å². The van der Waals surface area contributed by atoms with Crippen molar-refractivity contribution in [3.8, 4) is 0 Å². The summed E-state index contributed by atoms with van der Waals surface area (Å²) in [4.78, 5) is 24.3. The smallest absolute Gasteiger partial charge is 0.338 e. The summed E-state index contributed by atoms with van der Waals surface area (Å²) in [5.41, 5.74) is 0.469. The zero-order valence-corrected chi connectivity index (χ0v) is 16.0. The quantitative estimate of drug-likeness (QED) is 0.450. The third kappa shape index (κ3) is 4.43. The van der Waals surface area contributed by atoms with Crippen molar-refractivity contribution in [1.82, 2.24) is 5.32 Å². The minimum Gasteiger partial charge on any atom is -0.455 e. The molecule has 8 heteroatoms. The first-order valence-corrected chi connectivity index (χ1v) is 10.7. The molecule has 1 N–H and O–H groups in total. The van der Waals surface area contributed by atoms with Gasteiger partial charge in [0.2, 0.25) is 5.91 Å². The predicted octanol–water partition coefficient (Wildman–Crippen LogP) is 2.41. The number of esters is 1. The first kappa shape index (κ1) is 19.3. The predicted molar refractivity (Wildman–Crippen MR) is 102 cm³/mol. The zero-order valence-electron chi connectivity index (χ0n) is 14.3. The number of hydrogen-bond donors (Lipinski definition) is 1. The van der Waals surface area contributed by atoms with Gasteiger partial charge < -0.3 is 19.5 Å². The van der Waals surface area contributed by atoms with Crippen molar-refractivity contribution >= 4 is 33.5 Å². The van der Waals surface area contributed by atoms with Crippen LogP contribution in [0.3, 0.4) is 0 Å². The zero-order chi connectivity index (χ0) is 18.5. The van der Waals surface area contributed by atoms with Gasteiger partial charge in [0.05, 0.1) is 23.5 Å². The van der Waals surface area contributed by atoms with Gasteiger partial charge in [0.25, 0.3) is 0 Å². The molecule has 1 aromatic carbocycles. The number of fused-ring (bicyclic) bond motifs is 1. The largest absolute Gasteiger partial charge is 0.455 e. The van der Waals surface area contributed by atoms with E-state index >= 15 is 0 Å². The SMILES string of the molecule is C=CCO[C@H]1O[C@@H]2CSS[C@@H]2[C@H](OC(=O)c2ccccc2)[C@H]1NC(C)=O. The van der Waals surface area contributed by atoms with Gasteiger partial charge in [-0.15, -0.1) is 6.58 Å². The molecule has 0 aliphatic carbocycles. The highest BCUT2D eigenvalue weighted by Crippen LogP contribution is 2.46. The highest BCUT2D eigenvalue weighted by atomic mass is 33.1. The van der Waals surface area contributed by atoms with Crippen LogP contribution in [0.5, 0.6) is 0 Å². The maximum Gasteiger partial charge on any atom is 0.338 e. The monoisotopic (exact) mass is 395 g/mol. The van der Waals surface area contributed by atoms with Gasteiger partial charge in [0, 0.05) is 12.7 Å². The van der Waals surface area contributed by atoms with Crippen LogP contribution in [0.15, 0.2) is 43.0 Å². The molecule has 0 radical (unpaired) electrons. The molecular formula is C18H21NO5S2. The van der Waals surface area contributed by atoms with Gasteiger partial charge in [-0.2, -0.15) is 0 Å². The number of ether oxygens (including phenoxy) is 3. The summed E-state index contributed by atoms with van der Waals surface area (Å²) in [7, 11) is 3.28. The van der Waals surface area contributed by atoms with Crippen LogP contribution in [-0.2, 0) is 19.0 Å². The Balaban J connectivity index is 1.83. The molecule has 2 aliphatic rings. The van der Waals surface area contributed by atoms with Crippen LogP contribution in [0, 0.1) is 0 Å². The molecule has 2 heterocycles. The molecule has 0 spiro atoms. The van der Waals surface area contributed by atoms with Crippen molar-refractivity contribution in [2.24, 2.45) is 0 Å². The van der Waals surface area contributed by atoms with E-state index < -0.39 is 24.4 Å². The van der Waals surface area contributed by atoms with Crippen LogP contribution in [0.25, 0.3) is 0 Å². The molecule has 1 amide bonds. The van der Waals surface area contributed by atoms with Crippen molar-refractivity contribution in [1.29, 1.82) is 0 Å². The van der Waals surface area contributed by atoms with Crippen LogP contribution in [0.1, 0.15) is 17.3 Å². The fourth-order valence-electron chi connectivity index (χ4n) is 2.94. The molecule has 26 heavy (non-hydrogen) atoms. The highest BCUT2D eigenvalue weighted by molar-refractivity contribution is 8.77. The Morgan fingerprint density at radius 2 is 2.15 bits per heavy atom. The second kappa shape index (κ2) is 8.94. The van der Waals surface area contributed by atoms with E-state index in [1.807, 2.05) is 6.07 Å². The standard InChI is InChI=1S/C18H21NO5S2/c1-3-9-22-18-14(19-11(2)20)15(16-13(23-18)10-25-26-16)24-17(21)12-7-5-4-6-8-12/h3-8,13-16,18H,1,9-10H2,2H3,(H,19,20)/t13-,14-,15-,16+,18+/m1/s1. The van der Waals surface area contributed by atoms with E-state index in [0.717, 1.165) is 5.75 Å². The minimum atomic E-state index is -0.703. The Morgan fingerprint density at radius 1 is 1.38 bits per heavy atom. The Bertz CT molecular complexity index is 656. The van der Waals surface area contributed by atoms with E-state index in [0.29, 0.717) is 5.56 Å². The van der Waals surface area contributed by atoms with Gasteiger partial charge in [-0.25, -0.2) is 4.79 Å². The van der Waals surface area contributed by atoms with E-state index in [-0.39, 0.29) is 23.9 Å². The Hall–Kier alpha value is -1.48. The fourth-order valence-corrected chi connectivity index (χ4v) is 6.14. The van der Waals surface area contributed by atoms with E-state index in [4.69, 9.17) is 14.2 Å². The van der Waals surface area contributed by atoms with Gasteiger partial charge in [-0.3, -0.25) is 4.79 Å². The Kier molecular flexibility index (Phi) is 6.63. The molecule has 3 rings (SSSR count). The number of hydrogen-bond acceptors (Lipinski definition) is 7. The van der Waals surface area contributed by atoms with Crippen LogP contribution in [0.4, 0.5) is 0 Å². The lowest BCUT2D eigenvalue weighted by Crippen LogP contribution is -2.63. The molecule has 0 unspecified atom stereocenters. The third-order valence-corrected chi connectivity index (χ3v) is 6.94. The fraction of sp³-hybridized carbons (Fsp3) is 0.444. The minimum absolute atomic E-state index is 0.0758. The van der Waals surface area contributed by atoms with Gasteiger partial charge in [0.15, 0.2) is 6.29 Å². The summed E-state index contributed by atoms with van der Waals surface area (Å²) in [5.74, 6) is 0.113. The average molecular weight is 396 g/mol. The lowest BCUT2D eigenvalue weighted by Gasteiger charge is -2.42. The molecule has 140 valence electrons. The normalized spacial score (nSPS) is 30.3. The second-order valence-electron chi connectivity index (χ2n) is 5.97. The van der Waals surface area contributed by atoms with Crippen molar-refractivity contribution in [3.05, 3.63) is 48.6 Å². The average Bonchev–Trinajstić information content (AvgIpc) is 3.10. The number of carbonyl (C=O) groups excluding carboxylic acids is 2. The highest BCUT2D eigenvalue weighted by Gasteiger charge is 2.51. The molecule has 2 saturated heterocycles. The summed E-state index contributed by atoms with van der Waals surface area (Å²) in [6, 6.07) is 8.22. The van der Waals surface area contributed by atoms with Crippen LogP contribution < -0.4 is 5.32 Å². The topological polar surface area (TPSA) is 73.9 Å². The van der Waals surface area contributed by atoms with E-state index in [1.54, 1.807) is 51.9 Å².